The molecular formula is C26H31N3O4. The zero-order valence-corrected chi connectivity index (χ0v) is 19.0. The van der Waals surface area contributed by atoms with Crippen LogP contribution in [0.1, 0.15) is 43.2 Å². The van der Waals surface area contributed by atoms with Gasteiger partial charge in [0.15, 0.2) is 5.60 Å². The molecule has 0 bridgehead atoms. The molecule has 174 valence electrons. The summed E-state index contributed by atoms with van der Waals surface area (Å²) in [4.78, 5) is 27.4. The van der Waals surface area contributed by atoms with E-state index >= 15 is 0 Å². The number of alkyl carbamates (subject to hydrolysis) is 1. The number of benzene rings is 2. The summed E-state index contributed by atoms with van der Waals surface area (Å²) in [6.45, 7) is 0.739. The molecule has 33 heavy (non-hydrogen) atoms. The molecule has 1 aliphatic carbocycles. The average molecular weight is 450 g/mol. The van der Waals surface area contributed by atoms with Crippen LogP contribution in [0.25, 0.3) is 0 Å². The number of carbonyl (C=O) groups is 2. The zero-order chi connectivity index (χ0) is 23.5. The van der Waals surface area contributed by atoms with Crippen molar-refractivity contribution in [1.29, 1.82) is 5.26 Å². The van der Waals surface area contributed by atoms with Crippen molar-refractivity contribution < 1.29 is 19.1 Å². The Bertz CT molecular complexity index is 937. The lowest BCUT2D eigenvalue weighted by Gasteiger charge is -2.39. The molecule has 0 aliphatic heterocycles. The van der Waals surface area contributed by atoms with E-state index in [4.69, 9.17) is 9.47 Å². The summed E-state index contributed by atoms with van der Waals surface area (Å²) in [5, 5.41) is 12.4. The molecule has 0 heterocycles. The Hall–Kier alpha value is -3.37. The van der Waals surface area contributed by atoms with Gasteiger partial charge in [-0.15, -0.1) is 0 Å². The first-order valence-corrected chi connectivity index (χ1v) is 11.3. The molecule has 2 aromatic rings. The van der Waals surface area contributed by atoms with E-state index in [-0.39, 0.29) is 12.5 Å². The number of ether oxygens (including phenoxy) is 2. The number of likely N-dealkylation sites (N-methyl/N-ethyl adjacent to an activating group) is 1. The average Bonchev–Trinajstić information content (AvgIpc) is 2.86. The number of amides is 2. The van der Waals surface area contributed by atoms with Gasteiger partial charge in [-0.2, -0.15) is 5.26 Å². The lowest BCUT2D eigenvalue weighted by atomic mass is 9.83. The van der Waals surface area contributed by atoms with Crippen molar-refractivity contribution in [2.24, 2.45) is 0 Å². The maximum absolute atomic E-state index is 13.5. The number of nitrogens with zero attached hydrogens (tertiary/aromatic N) is 2. The normalized spacial score (nSPS) is 15.6. The molecule has 1 unspecified atom stereocenters. The molecule has 0 spiro atoms. The van der Waals surface area contributed by atoms with Crippen molar-refractivity contribution in [2.75, 3.05) is 13.7 Å². The second kappa shape index (κ2) is 12.0. The monoisotopic (exact) mass is 449 g/mol. The maximum Gasteiger partial charge on any atom is 0.408 e. The standard InChI is InChI=1S/C26H31N3O4/c1-29(23(17-27)20-32-19-22-13-7-3-8-14-22)24(30)26(15-9-4-10-16-26)33-25(31)28-18-21-11-5-2-6-12-21/h2-3,5-8,11-14,23H,4,9-10,15-16,18-20H2,1H3,(H,28,31). The Balaban J connectivity index is 1.61. The molecule has 7 heteroatoms. The first-order chi connectivity index (χ1) is 16.0. The van der Waals surface area contributed by atoms with Crippen LogP contribution in [0.5, 0.6) is 0 Å². The summed E-state index contributed by atoms with van der Waals surface area (Å²) in [5.74, 6) is -0.355. The highest BCUT2D eigenvalue weighted by Gasteiger charge is 2.46. The van der Waals surface area contributed by atoms with Crippen molar-refractivity contribution in [3.63, 3.8) is 0 Å². The highest BCUT2D eigenvalue weighted by atomic mass is 16.6. The third-order valence-electron chi connectivity index (χ3n) is 5.94. The first-order valence-electron chi connectivity index (χ1n) is 11.3. The highest BCUT2D eigenvalue weighted by Crippen LogP contribution is 2.34. The van der Waals surface area contributed by atoms with Crippen LogP contribution < -0.4 is 5.32 Å². The van der Waals surface area contributed by atoms with Gasteiger partial charge in [-0.1, -0.05) is 67.1 Å². The molecule has 0 aromatic heterocycles. The molecule has 0 saturated heterocycles. The van der Waals surface area contributed by atoms with Gasteiger partial charge in [-0.3, -0.25) is 4.79 Å². The number of nitriles is 1. The van der Waals surface area contributed by atoms with Gasteiger partial charge in [0, 0.05) is 13.6 Å². The van der Waals surface area contributed by atoms with E-state index in [1.54, 1.807) is 7.05 Å². The Kier molecular flexibility index (Phi) is 8.85. The predicted molar refractivity (Wildman–Crippen MR) is 124 cm³/mol. The Morgan fingerprint density at radius 2 is 1.64 bits per heavy atom. The Morgan fingerprint density at radius 3 is 2.24 bits per heavy atom. The van der Waals surface area contributed by atoms with E-state index in [2.05, 4.69) is 11.4 Å². The summed E-state index contributed by atoms with van der Waals surface area (Å²) in [6, 6.07) is 20.5. The minimum atomic E-state index is -1.26. The maximum atomic E-state index is 13.5. The van der Waals surface area contributed by atoms with Crippen LogP contribution in [-0.4, -0.2) is 42.2 Å². The molecule has 2 amide bonds. The lowest BCUT2D eigenvalue weighted by molar-refractivity contribution is -0.155. The second-order valence-electron chi connectivity index (χ2n) is 8.35. The third-order valence-corrected chi connectivity index (χ3v) is 5.94. The van der Waals surface area contributed by atoms with Crippen LogP contribution in [0.4, 0.5) is 4.79 Å². The summed E-state index contributed by atoms with van der Waals surface area (Å²) >= 11 is 0. The summed E-state index contributed by atoms with van der Waals surface area (Å²) in [7, 11) is 1.57. The first kappa shape index (κ1) is 24.3. The number of rotatable bonds is 9. The van der Waals surface area contributed by atoms with E-state index in [1.807, 2.05) is 60.7 Å². The summed E-state index contributed by atoms with van der Waals surface area (Å²) < 4.78 is 11.5. The molecule has 7 nitrogen and oxygen atoms in total. The van der Waals surface area contributed by atoms with Crippen molar-refractivity contribution in [3.8, 4) is 6.07 Å². The van der Waals surface area contributed by atoms with E-state index in [0.29, 0.717) is 26.0 Å². The molecule has 0 radical (unpaired) electrons. The molecule has 1 aliphatic rings. The van der Waals surface area contributed by atoms with Gasteiger partial charge >= 0.3 is 6.09 Å². The molecule has 1 atom stereocenters. The predicted octanol–water partition coefficient (Wildman–Crippen LogP) is 4.18. The van der Waals surface area contributed by atoms with Crippen LogP contribution >= 0.6 is 0 Å². The van der Waals surface area contributed by atoms with Gasteiger partial charge in [-0.25, -0.2) is 4.79 Å². The quantitative estimate of drug-likeness (QED) is 0.620. The van der Waals surface area contributed by atoms with Gasteiger partial charge < -0.3 is 19.7 Å². The minimum absolute atomic E-state index is 0.0733. The Labute approximate surface area is 195 Å². The molecular weight excluding hydrogens is 418 g/mol. The van der Waals surface area contributed by atoms with Gasteiger partial charge in [0.1, 0.15) is 6.04 Å². The fourth-order valence-corrected chi connectivity index (χ4v) is 4.03. The van der Waals surface area contributed by atoms with E-state index < -0.39 is 17.7 Å². The van der Waals surface area contributed by atoms with Gasteiger partial charge in [0.05, 0.1) is 19.3 Å². The third kappa shape index (κ3) is 6.80. The van der Waals surface area contributed by atoms with Crippen molar-refractivity contribution in [3.05, 3.63) is 71.8 Å². The molecule has 2 aromatic carbocycles. The number of hydrogen-bond acceptors (Lipinski definition) is 5. The van der Waals surface area contributed by atoms with Gasteiger partial charge in [0.25, 0.3) is 5.91 Å². The van der Waals surface area contributed by atoms with Gasteiger partial charge in [-0.05, 0) is 36.8 Å². The Morgan fingerprint density at radius 1 is 1.03 bits per heavy atom. The fourth-order valence-electron chi connectivity index (χ4n) is 4.03. The summed E-state index contributed by atoms with van der Waals surface area (Å²) in [6.07, 6.45) is 2.81. The topological polar surface area (TPSA) is 91.7 Å². The van der Waals surface area contributed by atoms with Crippen LogP contribution in [0.15, 0.2) is 60.7 Å². The SMILES string of the molecule is CN(C(=O)C1(OC(=O)NCc2ccccc2)CCCCC1)C(C#N)COCc1ccccc1. The van der Waals surface area contributed by atoms with Crippen LogP contribution in [-0.2, 0) is 27.4 Å². The smallest absolute Gasteiger partial charge is 0.408 e. The second-order valence-corrected chi connectivity index (χ2v) is 8.35. The largest absolute Gasteiger partial charge is 0.433 e. The number of nitrogens with one attached hydrogen (secondary N) is 1. The van der Waals surface area contributed by atoms with Gasteiger partial charge in [0.2, 0.25) is 0 Å². The molecule has 1 saturated carbocycles. The van der Waals surface area contributed by atoms with Crippen molar-refractivity contribution in [2.45, 2.75) is 56.9 Å². The van der Waals surface area contributed by atoms with Crippen molar-refractivity contribution >= 4 is 12.0 Å². The zero-order valence-electron chi connectivity index (χ0n) is 19.0. The molecule has 1 N–H and O–H groups in total. The molecule has 3 rings (SSSR count). The summed E-state index contributed by atoms with van der Waals surface area (Å²) in [5.41, 5.74) is 0.670. The molecule has 1 fully saturated rings. The van der Waals surface area contributed by atoms with Crippen LogP contribution in [0.2, 0.25) is 0 Å². The highest BCUT2D eigenvalue weighted by molar-refractivity contribution is 5.88. The van der Waals surface area contributed by atoms with E-state index in [1.165, 1.54) is 4.90 Å². The number of carbonyl (C=O) groups excluding carboxylic acids is 2. The minimum Gasteiger partial charge on any atom is -0.433 e. The lowest BCUT2D eigenvalue weighted by Crippen LogP contribution is -2.55. The van der Waals surface area contributed by atoms with E-state index in [0.717, 1.165) is 30.4 Å². The fraction of sp³-hybridized carbons (Fsp3) is 0.423. The van der Waals surface area contributed by atoms with Crippen LogP contribution in [0.3, 0.4) is 0 Å². The van der Waals surface area contributed by atoms with Crippen LogP contribution in [0, 0.1) is 11.3 Å². The van der Waals surface area contributed by atoms with E-state index in [9.17, 15) is 14.9 Å². The van der Waals surface area contributed by atoms with Crippen molar-refractivity contribution in [1.82, 2.24) is 10.2 Å². The number of hydrogen-bond donors (Lipinski definition) is 1.